The summed E-state index contributed by atoms with van der Waals surface area (Å²) in [6.45, 7) is 0. The number of rotatable bonds is 2. The molecule has 1 aromatic carbocycles. The maximum atomic E-state index is 13.3. The third-order valence-corrected chi connectivity index (χ3v) is 2.37. The normalized spacial score (nSPS) is 10.2. The van der Waals surface area contributed by atoms with E-state index in [-0.39, 0.29) is 5.69 Å². The van der Waals surface area contributed by atoms with Gasteiger partial charge >= 0.3 is 0 Å². The van der Waals surface area contributed by atoms with Crippen LogP contribution in [0.5, 0.6) is 0 Å². The third-order valence-electron chi connectivity index (χ3n) is 1.93. The molecule has 82 valence electrons. The summed E-state index contributed by atoms with van der Waals surface area (Å²) in [6, 6.07) is 8.74. The summed E-state index contributed by atoms with van der Waals surface area (Å²) < 4.78 is 27.2. The van der Waals surface area contributed by atoms with Gasteiger partial charge in [0.25, 0.3) is 0 Å². The maximum absolute atomic E-state index is 13.3. The van der Waals surface area contributed by atoms with E-state index in [1.54, 1.807) is 18.2 Å². The lowest BCUT2D eigenvalue weighted by Gasteiger charge is -2.07. The standard InChI is InChI=1S/C11H7BrF2N2/c12-9-5-2-6-10(15-9)16-11-7(13)3-1-4-8(11)14/h1-6H,(H,15,16). The van der Waals surface area contributed by atoms with E-state index in [0.29, 0.717) is 10.4 Å². The molecule has 2 rings (SSSR count). The molecule has 2 nitrogen and oxygen atoms in total. The first-order valence-corrected chi connectivity index (χ1v) is 5.30. The molecule has 0 atom stereocenters. The number of para-hydroxylation sites is 1. The highest BCUT2D eigenvalue weighted by Gasteiger charge is 2.08. The van der Waals surface area contributed by atoms with E-state index in [4.69, 9.17) is 0 Å². The molecule has 0 aliphatic carbocycles. The van der Waals surface area contributed by atoms with Gasteiger partial charge in [-0.2, -0.15) is 0 Å². The molecule has 0 aliphatic heterocycles. The number of hydrogen-bond donors (Lipinski definition) is 1. The second-order valence-corrected chi connectivity index (χ2v) is 3.88. The molecule has 16 heavy (non-hydrogen) atoms. The van der Waals surface area contributed by atoms with Crippen LogP contribution >= 0.6 is 15.9 Å². The van der Waals surface area contributed by atoms with E-state index < -0.39 is 11.6 Å². The Morgan fingerprint density at radius 3 is 2.25 bits per heavy atom. The van der Waals surface area contributed by atoms with Gasteiger partial charge in [0.15, 0.2) is 0 Å². The number of anilines is 2. The molecule has 1 N–H and O–H groups in total. The van der Waals surface area contributed by atoms with Gasteiger partial charge in [0, 0.05) is 0 Å². The second-order valence-electron chi connectivity index (χ2n) is 3.07. The number of nitrogens with one attached hydrogen (secondary N) is 1. The van der Waals surface area contributed by atoms with Crippen molar-refractivity contribution < 1.29 is 8.78 Å². The molecular formula is C11H7BrF2N2. The van der Waals surface area contributed by atoms with Crippen LogP contribution in [0.1, 0.15) is 0 Å². The van der Waals surface area contributed by atoms with Crippen LogP contribution in [-0.2, 0) is 0 Å². The molecule has 5 heteroatoms. The van der Waals surface area contributed by atoms with Crippen molar-refractivity contribution in [1.29, 1.82) is 0 Å². The fraction of sp³-hybridized carbons (Fsp3) is 0. The van der Waals surface area contributed by atoms with Gasteiger partial charge in [-0.15, -0.1) is 0 Å². The van der Waals surface area contributed by atoms with Crippen LogP contribution in [0.25, 0.3) is 0 Å². The number of pyridine rings is 1. The Bertz CT molecular complexity index is 497. The van der Waals surface area contributed by atoms with Crippen molar-refractivity contribution in [3.05, 3.63) is 52.6 Å². The maximum Gasteiger partial charge on any atom is 0.149 e. The van der Waals surface area contributed by atoms with Crippen LogP contribution in [0.4, 0.5) is 20.3 Å². The quantitative estimate of drug-likeness (QED) is 0.847. The minimum atomic E-state index is -0.651. The lowest BCUT2D eigenvalue weighted by Crippen LogP contribution is -1.99. The predicted molar refractivity (Wildman–Crippen MR) is 61.6 cm³/mol. The molecule has 0 aliphatic rings. The SMILES string of the molecule is Fc1cccc(F)c1Nc1cccc(Br)n1. The molecule has 1 heterocycles. The van der Waals surface area contributed by atoms with E-state index in [0.717, 1.165) is 0 Å². The van der Waals surface area contributed by atoms with Crippen molar-refractivity contribution in [2.24, 2.45) is 0 Å². The molecule has 0 saturated heterocycles. The number of benzene rings is 1. The molecule has 0 saturated carbocycles. The molecule has 0 radical (unpaired) electrons. The number of nitrogens with zero attached hydrogens (tertiary/aromatic N) is 1. The van der Waals surface area contributed by atoms with Crippen molar-refractivity contribution in [2.45, 2.75) is 0 Å². The molecule has 2 aromatic rings. The molecule has 0 unspecified atom stereocenters. The van der Waals surface area contributed by atoms with Gasteiger partial charge in [0.1, 0.15) is 27.7 Å². The molecular weight excluding hydrogens is 278 g/mol. The van der Waals surface area contributed by atoms with E-state index >= 15 is 0 Å². The lowest BCUT2D eigenvalue weighted by molar-refractivity contribution is 0.590. The Labute approximate surface area is 99.5 Å². The Kier molecular flexibility index (Phi) is 3.14. The van der Waals surface area contributed by atoms with Crippen LogP contribution in [-0.4, -0.2) is 4.98 Å². The molecule has 0 spiro atoms. The Hall–Kier alpha value is -1.49. The molecule has 1 aromatic heterocycles. The number of aromatic nitrogens is 1. The monoisotopic (exact) mass is 284 g/mol. The smallest absolute Gasteiger partial charge is 0.149 e. The van der Waals surface area contributed by atoms with Gasteiger partial charge in [0.05, 0.1) is 0 Å². The third kappa shape index (κ3) is 2.36. The zero-order valence-electron chi connectivity index (χ0n) is 8.05. The minimum Gasteiger partial charge on any atom is -0.335 e. The molecule has 0 fully saturated rings. The Morgan fingerprint density at radius 1 is 1.00 bits per heavy atom. The number of hydrogen-bond acceptors (Lipinski definition) is 2. The summed E-state index contributed by atoms with van der Waals surface area (Å²) in [6.07, 6.45) is 0. The van der Waals surface area contributed by atoms with Gasteiger partial charge in [-0.25, -0.2) is 13.8 Å². The summed E-state index contributed by atoms with van der Waals surface area (Å²) in [4.78, 5) is 4.02. The average molecular weight is 285 g/mol. The summed E-state index contributed by atoms with van der Waals surface area (Å²) >= 11 is 3.17. The lowest BCUT2D eigenvalue weighted by atomic mass is 10.3. The van der Waals surface area contributed by atoms with Crippen molar-refractivity contribution in [3.63, 3.8) is 0 Å². The average Bonchev–Trinajstić information content (AvgIpc) is 2.24. The topological polar surface area (TPSA) is 24.9 Å². The summed E-state index contributed by atoms with van der Waals surface area (Å²) in [5, 5.41) is 2.59. The van der Waals surface area contributed by atoms with Gasteiger partial charge < -0.3 is 5.32 Å². The van der Waals surface area contributed by atoms with Gasteiger partial charge in [0.2, 0.25) is 0 Å². The summed E-state index contributed by atoms with van der Waals surface area (Å²) in [5.41, 5.74) is -0.201. The second kappa shape index (κ2) is 4.57. The van der Waals surface area contributed by atoms with Gasteiger partial charge in [-0.3, -0.25) is 0 Å². The van der Waals surface area contributed by atoms with Crippen LogP contribution in [0.15, 0.2) is 41.0 Å². The van der Waals surface area contributed by atoms with Crippen molar-refractivity contribution in [1.82, 2.24) is 4.98 Å². The van der Waals surface area contributed by atoms with Crippen molar-refractivity contribution in [2.75, 3.05) is 5.32 Å². The zero-order valence-corrected chi connectivity index (χ0v) is 9.63. The van der Waals surface area contributed by atoms with E-state index in [9.17, 15) is 8.78 Å². The fourth-order valence-corrected chi connectivity index (χ4v) is 1.57. The largest absolute Gasteiger partial charge is 0.335 e. The highest BCUT2D eigenvalue weighted by molar-refractivity contribution is 9.10. The van der Waals surface area contributed by atoms with Crippen LogP contribution in [0.3, 0.4) is 0 Å². The van der Waals surface area contributed by atoms with E-state index in [1.165, 1.54) is 18.2 Å². The van der Waals surface area contributed by atoms with E-state index in [1.807, 2.05) is 0 Å². The summed E-state index contributed by atoms with van der Waals surface area (Å²) in [5.74, 6) is -0.929. The Morgan fingerprint density at radius 2 is 1.62 bits per heavy atom. The molecule has 0 bridgehead atoms. The Balaban J connectivity index is 2.34. The van der Waals surface area contributed by atoms with Gasteiger partial charge in [-0.1, -0.05) is 12.1 Å². The van der Waals surface area contributed by atoms with Crippen LogP contribution in [0.2, 0.25) is 0 Å². The predicted octanol–water partition coefficient (Wildman–Crippen LogP) is 3.87. The van der Waals surface area contributed by atoms with Gasteiger partial charge in [-0.05, 0) is 40.2 Å². The van der Waals surface area contributed by atoms with Crippen LogP contribution in [0, 0.1) is 11.6 Å². The first-order chi connectivity index (χ1) is 7.66. The minimum absolute atomic E-state index is 0.201. The van der Waals surface area contributed by atoms with Crippen molar-refractivity contribution in [3.8, 4) is 0 Å². The first kappa shape index (κ1) is 11.0. The van der Waals surface area contributed by atoms with E-state index in [2.05, 4.69) is 26.2 Å². The highest BCUT2D eigenvalue weighted by Crippen LogP contribution is 2.22. The van der Waals surface area contributed by atoms with Crippen molar-refractivity contribution >= 4 is 27.4 Å². The molecule has 0 amide bonds. The zero-order chi connectivity index (χ0) is 11.5. The fourth-order valence-electron chi connectivity index (χ4n) is 1.22. The summed E-state index contributed by atoms with van der Waals surface area (Å²) in [7, 11) is 0. The number of halogens is 3. The first-order valence-electron chi connectivity index (χ1n) is 4.50. The van der Waals surface area contributed by atoms with Crippen LogP contribution < -0.4 is 5.32 Å². The highest BCUT2D eigenvalue weighted by atomic mass is 79.9.